The molecule has 1 N–H and O–H groups in total. The van der Waals surface area contributed by atoms with E-state index in [9.17, 15) is 18.0 Å². The molecule has 0 saturated heterocycles. The first-order valence-electron chi connectivity index (χ1n) is 4.43. The van der Waals surface area contributed by atoms with Crippen LogP contribution in [0.15, 0.2) is 21.5 Å². The topological polar surface area (TPSA) is 61.1 Å². The van der Waals surface area contributed by atoms with Gasteiger partial charge in [-0.2, -0.15) is 18.4 Å². The second-order valence-corrected chi connectivity index (χ2v) is 5.13. The van der Waals surface area contributed by atoms with E-state index in [1.54, 1.807) is 6.07 Å². The lowest BCUT2D eigenvalue weighted by Crippen LogP contribution is -2.06. The van der Waals surface area contributed by atoms with Crippen molar-refractivity contribution in [3.8, 4) is 6.07 Å². The summed E-state index contributed by atoms with van der Waals surface area (Å²) in [7, 11) is 0. The maximum Gasteiger partial charge on any atom is 0.446 e. The van der Waals surface area contributed by atoms with Crippen molar-refractivity contribution in [1.82, 2.24) is 0 Å². The zero-order valence-corrected chi connectivity index (χ0v) is 11.0. The van der Waals surface area contributed by atoms with Crippen LogP contribution >= 0.6 is 27.7 Å². The van der Waals surface area contributed by atoms with Crippen LogP contribution in [0.25, 0.3) is 0 Å². The fraction of sp³-hybridized carbons (Fsp3) is 0.200. The lowest BCUT2D eigenvalue weighted by Gasteiger charge is -2.11. The minimum atomic E-state index is -4.51. The highest BCUT2D eigenvalue weighted by atomic mass is 79.9. The number of halogens is 4. The smallest absolute Gasteiger partial charge is 0.446 e. The van der Waals surface area contributed by atoms with Crippen LogP contribution in [-0.4, -0.2) is 16.6 Å². The Bertz CT molecular complexity index is 525. The first-order valence-corrected chi connectivity index (χ1v) is 6.04. The first-order chi connectivity index (χ1) is 8.23. The minimum Gasteiger partial charge on any atom is -0.481 e. The molecule has 0 saturated carbocycles. The number of nitriles is 1. The largest absolute Gasteiger partial charge is 0.481 e. The Labute approximate surface area is 113 Å². The highest BCUT2D eigenvalue weighted by Crippen LogP contribution is 2.40. The molecule has 1 aromatic rings. The number of hydrogen-bond donors (Lipinski definition) is 1. The van der Waals surface area contributed by atoms with Crippen molar-refractivity contribution in [3.63, 3.8) is 0 Å². The van der Waals surface area contributed by atoms with Crippen LogP contribution < -0.4 is 0 Å². The molecular weight excluding hydrogens is 335 g/mol. The Morgan fingerprint density at radius 1 is 1.50 bits per heavy atom. The van der Waals surface area contributed by atoms with Crippen molar-refractivity contribution in [2.45, 2.75) is 16.8 Å². The van der Waals surface area contributed by atoms with Crippen molar-refractivity contribution in [1.29, 1.82) is 5.26 Å². The fourth-order valence-corrected chi connectivity index (χ4v) is 2.48. The lowest BCUT2D eigenvalue weighted by atomic mass is 10.1. The maximum atomic E-state index is 12.3. The van der Waals surface area contributed by atoms with Crippen LogP contribution in [0.2, 0.25) is 0 Å². The van der Waals surface area contributed by atoms with E-state index in [0.29, 0.717) is 0 Å². The minimum absolute atomic E-state index is 0.0374. The number of carbonyl (C=O) groups is 1. The molecule has 8 heteroatoms. The average molecular weight is 340 g/mol. The van der Waals surface area contributed by atoms with Crippen LogP contribution in [0.1, 0.15) is 11.1 Å². The van der Waals surface area contributed by atoms with Gasteiger partial charge in [-0.15, -0.1) is 0 Å². The number of carboxylic acids is 1. The number of aliphatic carboxylic acids is 1. The van der Waals surface area contributed by atoms with E-state index in [4.69, 9.17) is 10.4 Å². The maximum absolute atomic E-state index is 12.3. The molecule has 0 aromatic heterocycles. The Morgan fingerprint density at radius 3 is 2.56 bits per heavy atom. The van der Waals surface area contributed by atoms with Gasteiger partial charge in [0.1, 0.15) is 6.07 Å². The van der Waals surface area contributed by atoms with Gasteiger partial charge in [0, 0.05) is 9.37 Å². The second kappa shape index (κ2) is 5.63. The van der Waals surface area contributed by atoms with Crippen LogP contribution in [0, 0.1) is 11.3 Å². The average Bonchev–Trinajstić information content (AvgIpc) is 2.19. The summed E-state index contributed by atoms with van der Waals surface area (Å²) in [5.74, 6) is -1.26. The molecule has 0 aliphatic heterocycles. The van der Waals surface area contributed by atoms with Crippen molar-refractivity contribution in [3.05, 3.63) is 27.7 Å². The third-order valence-electron chi connectivity index (χ3n) is 1.84. The molecule has 0 amide bonds. The second-order valence-electron chi connectivity index (χ2n) is 3.17. The monoisotopic (exact) mass is 339 g/mol. The number of benzene rings is 1. The predicted octanol–water partition coefficient (Wildman–Crippen LogP) is 3.56. The normalized spacial score (nSPS) is 11.1. The van der Waals surface area contributed by atoms with Crippen molar-refractivity contribution in [2.24, 2.45) is 0 Å². The molecule has 1 rings (SSSR count). The van der Waals surface area contributed by atoms with E-state index in [0.717, 1.165) is 12.1 Å². The van der Waals surface area contributed by atoms with Crippen molar-refractivity contribution in [2.75, 3.05) is 0 Å². The van der Waals surface area contributed by atoms with Gasteiger partial charge in [0.15, 0.2) is 0 Å². The zero-order chi connectivity index (χ0) is 13.9. The van der Waals surface area contributed by atoms with E-state index < -0.39 is 29.7 Å². The molecule has 0 bridgehead atoms. The van der Waals surface area contributed by atoms with Gasteiger partial charge < -0.3 is 5.11 Å². The van der Waals surface area contributed by atoms with Gasteiger partial charge in [0.2, 0.25) is 0 Å². The summed E-state index contributed by atoms with van der Waals surface area (Å²) >= 11 is 2.56. The van der Waals surface area contributed by atoms with E-state index in [1.807, 2.05) is 0 Å². The molecule has 0 heterocycles. The SMILES string of the molecule is N#Cc1cc(CC(=O)O)c(SC(F)(F)F)cc1Br. The molecule has 0 aliphatic rings. The number of rotatable bonds is 3. The number of hydrogen-bond acceptors (Lipinski definition) is 3. The number of alkyl halides is 3. The number of thioether (sulfide) groups is 1. The summed E-state index contributed by atoms with van der Waals surface area (Å²) in [4.78, 5) is 10.4. The van der Waals surface area contributed by atoms with Crippen molar-refractivity contribution >= 4 is 33.7 Å². The summed E-state index contributed by atoms with van der Waals surface area (Å²) in [5, 5.41) is 17.4. The molecule has 0 aliphatic carbocycles. The summed E-state index contributed by atoms with van der Waals surface area (Å²) in [6.07, 6.45) is -0.569. The molecule has 0 radical (unpaired) electrons. The molecule has 0 fully saturated rings. The number of carboxylic acid groups (broad SMARTS) is 1. The number of nitrogens with zero attached hydrogens (tertiary/aromatic N) is 1. The zero-order valence-electron chi connectivity index (χ0n) is 8.58. The Kier molecular flexibility index (Phi) is 4.65. The fourth-order valence-electron chi connectivity index (χ4n) is 1.21. The Hall–Kier alpha value is -1.20. The molecule has 0 atom stereocenters. The molecule has 1 aromatic carbocycles. The molecule has 3 nitrogen and oxygen atoms in total. The van der Waals surface area contributed by atoms with Gasteiger partial charge in [0.05, 0.1) is 12.0 Å². The molecule has 18 heavy (non-hydrogen) atoms. The van der Waals surface area contributed by atoms with Crippen LogP contribution in [0.5, 0.6) is 0 Å². The van der Waals surface area contributed by atoms with Crippen LogP contribution in [-0.2, 0) is 11.2 Å². The summed E-state index contributed by atoms with van der Waals surface area (Å²) in [6, 6.07) is 4.02. The third kappa shape index (κ3) is 4.23. The summed E-state index contributed by atoms with van der Waals surface area (Å²) < 4.78 is 37.1. The predicted molar refractivity (Wildman–Crippen MR) is 62.1 cm³/mol. The summed E-state index contributed by atoms with van der Waals surface area (Å²) in [6.45, 7) is 0. The van der Waals surface area contributed by atoms with Gasteiger partial charge in [-0.05, 0) is 45.4 Å². The van der Waals surface area contributed by atoms with Gasteiger partial charge in [-0.3, -0.25) is 4.79 Å². The first kappa shape index (κ1) is 14.9. The van der Waals surface area contributed by atoms with Crippen LogP contribution in [0.3, 0.4) is 0 Å². The van der Waals surface area contributed by atoms with E-state index in [2.05, 4.69) is 15.9 Å². The Balaban J connectivity index is 3.26. The highest BCUT2D eigenvalue weighted by molar-refractivity contribution is 9.10. The van der Waals surface area contributed by atoms with Gasteiger partial charge >= 0.3 is 11.5 Å². The van der Waals surface area contributed by atoms with Crippen LogP contribution in [0.4, 0.5) is 13.2 Å². The molecule has 96 valence electrons. The molecule has 0 spiro atoms. The molecule has 0 unspecified atom stereocenters. The van der Waals surface area contributed by atoms with Gasteiger partial charge in [-0.1, -0.05) is 0 Å². The lowest BCUT2D eigenvalue weighted by molar-refractivity contribution is -0.136. The highest BCUT2D eigenvalue weighted by Gasteiger charge is 2.31. The third-order valence-corrected chi connectivity index (χ3v) is 3.33. The van der Waals surface area contributed by atoms with Gasteiger partial charge in [-0.25, -0.2) is 0 Å². The van der Waals surface area contributed by atoms with E-state index in [-0.39, 0.29) is 20.5 Å². The van der Waals surface area contributed by atoms with E-state index in [1.165, 1.54) is 0 Å². The van der Waals surface area contributed by atoms with Crippen molar-refractivity contribution < 1.29 is 23.1 Å². The standard InChI is InChI=1S/C10H5BrF3NO2S/c11-7-3-8(18-10(12,13)14)5(2-9(16)17)1-6(7)4-15/h1,3H,2H2,(H,16,17). The molecular formula is C10H5BrF3NO2S. The Morgan fingerprint density at radius 2 is 2.11 bits per heavy atom. The summed E-state index contributed by atoms with van der Waals surface area (Å²) in [5.41, 5.74) is -4.46. The van der Waals surface area contributed by atoms with Gasteiger partial charge in [0.25, 0.3) is 0 Å². The van der Waals surface area contributed by atoms with E-state index >= 15 is 0 Å². The quantitative estimate of drug-likeness (QED) is 0.855.